The average molecular weight is 340 g/mol. The second kappa shape index (κ2) is 5.15. The topological polar surface area (TPSA) is 0 Å². The second-order valence-electron chi connectivity index (χ2n) is 3.83. The summed E-state index contributed by atoms with van der Waals surface area (Å²) in [5, 5.41) is 0. The van der Waals surface area contributed by atoms with Crippen molar-refractivity contribution in [1.29, 1.82) is 0 Å². The van der Waals surface area contributed by atoms with Crippen LogP contribution >= 0.6 is 31.9 Å². The van der Waals surface area contributed by atoms with Gasteiger partial charge in [0.25, 0.3) is 0 Å². The van der Waals surface area contributed by atoms with Crippen LogP contribution in [0.5, 0.6) is 0 Å². The fourth-order valence-corrected chi connectivity index (χ4v) is 2.40. The van der Waals surface area contributed by atoms with Crippen molar-refractivity contribution in [3.63, 3.8) is 0 Å². The molecule has 1 unspecified atom stereocenters. The summed E-state index contributed by atoms with van der Waals surface area (Å²) in [5.41, 5.74) is 2.66. The van der Waals surface area contributed by atoms with Crippen molar-refractivity contribution in [3.05, 3.63) is 68.6 Å². The summed E-state index contributed by atoms with van der Waals surface area (Å²) in [7, 11) is 0. The molecule has 0 aliphatic heterocycles. The molecule has 0 nitrogen and oxygen atoms in total. The number of benzene rings is 2. The monoisotopic (exact) mass is 338 g/mol. The van der Waals surface area contributed by atoms with Gasteiger partial charge in [-0.25, -0.2) is 0 Å². The maximum absolute atomic E-state index is 3.51. The van der Waals surface area contributed by atoms with Crippen LogP contribution in [0.1, 0.15) is 24.0 Å². The van der Waals surface area contributed by atoms with Crippen LogP contribution in [-0.4, -0.2) is 0 Å². The Balaban J connectivity index is 2.31. The number of rotatable bonds is 2. The minimum absolute atomic E-state index is 0.422. The molecule has 2 aromatic rings. The molecule has 0 saturated heterocycles. The minimum atomic E-state index is 0.422. The zero-order chi connectivity index (χ0) is 11.5. The molecule has 0 N–H and O–H groups in total. The van der Waals surface area contributed by atoms with Crippen molar-refractivity contribution >= 4 is 31.9 Å². The highest BCUT2D eigenvalue weighted by atomic mass is 79.9. The molecule has 2 aromatic carbocycles. The molecule has 82 valence electrons. The van der Waals surface area contributed by atoms with Gasteiger partial charge in [0, 0.05) is 14.9 Å². The first-order valence-corrected chi connectivity index (χ1v) is 6.76. The van der Waals surface area contributed by atoms with E-state index in [2.05, 4.69) is 87.3 Å². The largest absolute Gasteiger partial charge is 0.0609 e. The predicted octanol–water partition coefficient (Wildman–Crippen LogP) is 5.36. The molecule has 0 amide bonds. The third kappa shape index (κ3) is 2.74. The van der Waals surface area contributed by atoms with Crippen LogP contribution < -0.4 is 0 Å². The maximum Gasteiger partial charge on any atom is 0.0178 e. The molecule has 0 spiro atoms. The van der Waals surface area contributed by atoms with E-state index in [-0.39, 0.29) is 0 Å². The van der Waals surface area contributed by atoms with Gasteiger partial charge in [-0.15, -0.1) is 0 Å². The number of halogens is 2. The Morgan fingerprint density at radius 2 is 1.50 bits per heavy atom. The summed E-state index contributed by atoms with van der Waals surface area (Å²) in [6, 6.07) is 17.0. The van der Waals surface area contributed by atoms with Gasteiger partial charge in [0.2, 0.25) is 0 Å². The predicted molar refractivity (Wildman–Crippen MR) is 75.8 cm³/mol. The molecule has 0 radical (unpaired) electrons. The lowest BCUT2D eigenvalue weighted by molar-refractivity contribution is 0.921. The van der Waals surface area contributed by atoms with Crippen LogP contribution in [0, 0.1) is 0 Å². The molecule has 0 aliphatic carbocycles. The lowest BCUT2D eigenvalue weighted by Gasteiger charge is -2.12. The molecular weight excluding hydrogens is 328 g/mol. The highest BCUT2D eigenvalue weighted by Gasteiger charge is 2.08. The molecule has 2 heteroatoms. The van der Waals surface area contributed by atoms with Crippen LogP contribution in [0.15, 0.2) is 57.5 Å². The van der Waals surface area contributed by atoms with Crippen LogP contribution in [0.2, 0.25) is 0 Å². The lowest BCUT2D eigenvalue weighted by Crippen LogP contribution is -1.95. The molecule has 0 saturated carbocycles. The van der Waals surface area contributed by atoms with Crippen LogP contribution in [0.3, 0.4) is 0 Å². The molecule has 0 bridgehead atoms. The van der Waals surface area contributed by atoms with Gasteiger partial charge < -0.3 is 0 Å². The van der Waals surface area contributed by atoms with Crippen molar-refractivity contribution in [2.45, 2.75) is 12.8 Å². The van der Waals surface area contributed by atoms with Crippen molar-refractivity contribution in [2.75, 3.05) is 0 Å². The van der Waals surface area contributed by atoms with E-state index in [1.54, 1.807) is 0 Å². The average Bonchev–Trinajstić information content (AvgIpc) is 2.29. The van der Waals surface area contributed by atoms with Crippen molar-refractivity contribution < 1.29 is 0 Å². The fourth-order valence-electron chi connectivity index (χ4n) is 1.72. The van der Waals surface area contributed by atoms with Gasteiger partial charge in [-0.3, -0.25) is 0 Å². The summed E-state index contributed by atoms with van der Waals surface area (Å²) in [6.45, 7) is 2.23. The van der Waals surface area contributed by atoms with Gasteiger partial charge in [0.1, 0.15) is 0 Å². The zero-order valence-electron chi connectivity index (χ0n) is 8.95. The molecule has 0 fully saturated rings. The number of hydrogen-bond acceptors (Lipinski definition) is 0. The van der Waals surface area contributed by atoms with Gasteiger partial charge in [-0.05, 0) is 35.4 Å². The van der Waals surface area contributed by atoms with E-state index in [1.807, 2.05) is 0 Å². The highest BCUT2D eigenvalue weighted by Crippen LogP contribution is 2.27. The normalized spacial score (nSPS) is 12.4. The first-order chi connectivity index (χ1) is 7.66. The Morgan fingerprint density at radius 1 is 0.812 bits per heavy atom. The zero-order valence-corrected chi connectivity index (χ0v) is 12.1. The van der Waals surface area contributed by atoms with Gasteiger partial charge in [-0.2, -0.15) is 0 Å². The SMILES string of the molecule is CC(c1ccc(Br)cc1)c1cccc(Br)c1. The standard InChI is InChI=1S/C14H12Br2/c1-10(11-5-7-13(15)8-6-11)12-3-2-4-14(16)9-12/h2-10H,1H3. The molecule has 0 heterocycles. The molecule has 2 rings (SSSR count). The van der Waals surface area contributed by atoms with Crippen LogP contribution in [-0.2, 0) is 0 Å². The van der Waals surface area contributed by atoms with Crippen molar-refractivity contribution in [3.8, 4) is 0 Å². The quantitative estimate of drug-likeness (QED) is 0.690. The van der Waals surface area contributed by atoms with E-state index in [4.69, 9.17) is 0 Å². The molecule has 1 atom stereocenters. The van der Waals surface area contributed by atoms with E-state index in [0.717, 1.165) is 8.95 Å². The third-order valence-electron chi connectivity index (χ3n) is 2.72. The summed E-state index contributed by atoms with van der Waals surface area (Å²) in [6.07, 6.45) is 0. The Labute approximate surface area is 113 Å². The lowest BCUT2D eigenvalue weighted by atomic mass is 9.93. The summed E-state index contributed by atoms with van der Waals surface area (Å²) < 4.78 is 2.26. The van der Waals surface area contributed by atoms with Gasteiger partial charge >= 0.3 is 0 Å². The summed E-state index contributed by atoms with van der Waals surface area (Å²) in [4.78, 5) is 0. The first kappa shape index (κ1) is 11.9. The van der Waals surface area contributed by atoms with E-state index in [9.17, 15) is 0 Å². The minimum Gasteiger partial charge on any atom is -0.0609 e. The summed E-state index contributed by atoms with van der Waals surface area (Å²) in [5.74, 6) is 0.422. The van der Waals surface area contributed by atoms with E-state index >= 15 is 0 Å². The Bertz CT molecular complexity index is 474. The first-order valence-electron chi connectivity index (χ1n) is 5.18. The highest BCUT2D eigenvalue weighted by molar-refractivity contribution is 9.10. The molecule has 16 heavy (non-hydrogen) atoms. The van der Waals surface area contributed by atoms with E-state index in [0.29, 0.717) is 5.92 Å². The molecule has 0 aliphatic rings. The van der Waals surface area contributed by atoms with Gasteiger partial charge in [-0.1, -0.05) is 63.0 Å². The smallest absolute Gasteiger partial charge is 0.0178 e. The Kier molecular flexibility index (Phi) is 3.82. The Morgan fingerprint density at radius 3 is 2.12 bits per heavy atom. The van der Waals surface area contributed by atoms with Crippen molar-refractivity contribution in [1.82, 2.24) is 0 Å². The third-order valence-corrected chi connectivity index (χ3v) is 3.74. The maximum atomic E-state index is 3.51. The second-order valence-corrected chi connectivity index (χ2v) is 5.66. The van der Waals surface area contributed by atoms with Crippen molar-refractivity contribution in [2.24, 2.45) is 0 Å². The fraction of sp³-hybridized carbons (Fsp3) is 0.143. The Hall–Kier alpha value is -0.600. The van der Waals surface area contributed by atoms with E-state index in [1.165, 1.54) is 11.1 Å². The van der Waals surface area contributed by atoms with Gasteiger partial charge in [0.05, 0.1) is 0 Å². The summed E-state index contributed by atoms with van der Waals surface area (Å²) >= 11 is 6.96. The van der Waals surface area contributed by atoms with E-state index < -0.39 is 0 Å². The van der Waals surface area contributed by atoms with Crippen LogP contribution in [0.4, 0.5) is 0 Å². The molecule has 0 aromatic heterocycles. The number of hydrogen-bond donors (Lipinski definition) is 0. The van der Waals surface area contributed by atoms with Crippen LogP contribution in [0.25, 0.3) is 0 Å². The van der Waals surface area contributed by atoms with Gasteiger partial charge in [0.15, 0.2) is 0 Å². The molecular formula is C14H12Br2.